The van der Waals surface area contributed by atoms with E-state index in [0.29, 0.717) is 5.78 Å². The number of carbonyl (C=O) groups excluding carboxylic acids is 1. The standard InChI is InChI=1S/C20H20O/c1-2-9-17-18(15-10-5-3-6-11-15)14-19(20(17)21)16-12-7-4-8-13-16/h3-8,10-13,19H,2,9,14H2,1H3. The Morgan fingerprint density at radius 1 is 0.952 bits per heavy atom. The molecule has 1 heteroatoms. The molecular weight excluding hydrogens is 256 g/mol. The zero-order chi connectivity index (χ0) is 14.7. The summed E-state index contributed by atoms with van der Waals surface area (Å²) >= 11 is 0. The minimum Gasteiger partial charge on any atom is -0.294 e. The van der Waals surface area contributed by atoms with Gasteiger partial charge in [0.2, 0.25) is 0 Å². The number of hydrogen-bond acceptors (Lipinski definition) is 1. The highest BCUT2D eigenvalue weighted by molar-refractivity contribution is 6.11. The van der Waals surface area contributed by atoms with Gasteiger partial charge in [-0.3, -0.25) is 4.79 Å². The molecule has 0 heterocycles. The zero-order valence-electron chi connectivity index (χ0n) is 12.4. The van der Waals surface area contributed by atoms with Crippen LogP contribution in [0.2, 0.25) is 0 Å². The third-order valence-corrected chi connectivity index (χ3v) is 4.21. The first-order valence-corrected chi connectivity index (χ1v) is 7.68. The minimum atomic E-state index is 0.00274. The van der Waals surface area contributed by atoms with E-state index < -0.39 is 0 Å². The van der Waals surface area contributed by atoms with Crippen LogP contribution in [0, 0.1) is 0 Å². The van der Waals surface area contributed by atoms with E-state index in [-0.39, 0.29) is 5.92 Å². The minimum absolute atomic E-state index is 0.00274. The Morgan fingerprint density at radius 3 is 2.19 bits per heavy atom. The third-order valence-electron chi connectivity index (χ3n) is 4.21. The molecule has 1 atom stereocenters. The van der Waals surface area contributed by atoms with E-state index in [0.717, 1.165) is 30.4 Å². The molecule has 0 saturated carbocycles. The number of benzene rings is 2. The average molecular weight is 276 g/mol. The molecule has 0 aliphatic heterocycles. The summed E-state index contributed by atoms with van der Waals surface area (Å²) in [5.41, 5.74) is 4.63. The summed E-state index contributed by atoms with van der Waals surface area (Å²) in [4.78, 5) is 12.8. The predicted molar refractivity (Wildman–Crippen MR) is 87.1 cm³/mol. The van der Waals surface area contributed by atoms with Gasteiger partial charge in [0, 0.05) is 0 Å². The third kappa shape index (κ3) is 2.69. The summed E-state index contributed by atoms with van der Waals surface area (Å²) in [5.74, 6) is 0.324. The zero-order valence-corrected chi connectivity index (χ0v) is 12.4. The monoisotopic (exact) mass is 276 g/mol. The van der Waals surface area contributed by atoms with Crippen LogP contribution >= 0.6 is 0 Å². The number of rotatable bonds is 4. The molecular formula is C20H20O. The van der Waals surface area contributed by atoms with Crippen molar-refractivity contribution in [3.05, 3.63) is 77.4 Å². The topological polar surface area (TPSA) is 17.1 Å². The molecule has 0 saturated heterocycles. The molecule has 1 aliphatic carbocycles. The largest absolute Gasteiger partial charge is 0.294 e. The number of carbonyl (C=O) groups is 1. The van der Waals surface area contributed by atoms with Crippen LogP contribution in [0.1, 0.15) is 43.2 Å². The average Bonchev–Trinajstić information content (AvgIpc) is 2.87. The van der Waals surface area contributed by atoms with E-state index >= 15 is 0 Å². The molecule has 1 unspecified atom stereocenters. The van der Waals surface area contributed by atoms with Crippen LogP contribution in [0.15, 0.2) is 66.2 Å². The van der Waals surface area contributed by atoms with E-state index in [4.69, 9.17) is 0 Å². The maximum Gasteiger partial charge on any atom is 0.166 e. The number of allylic oxidation sites excluding steroid dienone is 2. The Hall–Kier alpha value is -2.15. The van der Waals surface area contributed by atoms with Crippen LogP contribution < -0.4 is 0 Å². The number of ketones is 1. The van der Waals surface area contributed by atoms with Gasteiger partial charge in [-0.1, -0.05) is 74.0 Å². The molecule has 0 amide bonds. The van der Waals surface area contributed by atoms with E-state index in [1.807, 2.05) is 36.4 Å². The van der Waals surface area contributed by atoms with Crippen molar-refractivity contribution in [2.24, 2.45) is 0 Å². The van der Waals surface area contributed by atoms with Gasteiger partial charge in [-0.15, -0.1) is 0 Å². The molecule has 0 fully saturated rings. The summed E-state index contributed by atoms with van der Waals surface area (Å²) in [6, 6.07) is 20.5. The summed E-state index contributed by atoms with van der Waals surface area (Å²) in [7, 11) is 0. The molecule has 2 aromatic rings. The van der Waals surface area contributed by atoms with E-state index in [2.05, 4.69) is 31.2 Å². The maximum absolute atomic E-state index is 12.8. The van der Waals surface area contributed by atoms with Crippen molar-refractivity contribution in [1.29, 1.82) is 0 Å². The van der Waals surface area contributed by atoms with Gasteiger partial charge in [-0.05, 0) is 35.1 Å². The SMILES string of the molecule is CCCC1=C(c2ccccc2)CC(c2ccccc2)C1=O. The lowest BCUT2D eigenvalue weighted by Crippen LogP contribution is -2.08. The van der Waals surface area contributed by atoms with Crippen LogP contribution in [0.5, 0.6) is 0 Å². The molecule has 106 valence electrons. The van der Waals surface area contributed by atoms with Gasteiger partial charge in [0.1, 0.15) is 0 Å². The fraction of sp³-hybridized carbons (Fsp3) is 0.250. The first kappa shape index (κ1) is 13.8. The van der Waals surface area contributed by atoms with Gasteiger partial charge in [-0.2, -0.15) is 0 Å². The molecule has 1 aliphatic rings. The molecule has 0 aromatic heterocycles. The summed E-state index contributed by atoms with van der Waals surface area (Å²) < 4.78 is 0. The second-order valence-corrected chi connectivity index (χ2v) is 5.60. The Bertz CT molecular complexity index is 653. The second kappa shape index (κ2) is 6.09. The van der Waals surface area contributed by atoms with Gasteiger partial charge in [-0.25, -0.2) is 0 Å². The van der Waals surface area contributed by atoms with E-state index in [1.165, 1.54) is 11.1 Å². The Balaban J connectivity index is 1.99. The first-order valence-electron chi connectivity index (χ1n) is 7.68. The molecule has 0 N–H and O–H groups in total. The van der Waals surface area contributed by atoms with Crippen LogP contribution in [0.25, 0.3) is 5.57 Å². The summed E-state index contributed by atoms with van der Waals surface area (Å²) in [6.07, 6.45) is 2.73. The molecule has 1 nitrogen and oxygen atoms in total. The predicted octanol–water partition coefficient (Wildman–Crippen LogP) is 5.00. The van der Waals surface area contributed by atoms with Crippen molar-refractivity contribution in [2.45, 2.75) is 32.1 Å². The van der Waals surface area contributed by atoms with Crippen LogP contribution in [0.3, 0.4) is 0 Å². The van der Waals surface area contributed by atoms with Crippen molar-refractivity contribution in [2.75, 3.05) is 0 Å². The Kier molecular flexibility index (Phi) is 4.01. The first-order chi connectivity index (χ1) is 10.3. The highest BCUT2D eigenvalue weighted by Gasteiger charge is 2.33. The summed E-state index contributed by atoms with van der Waals surface area (Å²) in [6.45, 7) is 2.14. The second-order valence-electron chi connectivity index (χ2n) is 5.60. The van der Waals surface area contributed by atoms with Crippen molar-refractivity contribution in [3.63, 3.8) is 0 Å². The van der Waals surface area contributed by atoms with Gasteiger partial charge in [0.15, 0.2) is 5.78 Å². The Morgan fingerprint density at radius 2 is 1.57 bits per heavy atom. The van der Waals surface area contributed by atoms with Gasteiger partial charge in [0.05, 0.1) is 5.92 Å². The van der Waals surface area contributed by atoms with Gasteiger partial charge >= 0.3 is 0 Å². The van der Waals surface area contributed by atoms with Crippen molar-refractivity contribution in [3.8, 4) is 0 Å². The lowest BCUT2D eigenvalue weighted by atomic mass is 9.93. The summed E-state index contributed by atoms with van der Waals surface area (Å²) in [5, 5.41) is 0. The number of hydrogen-bond donors (Lipinski definition) is 0. The maximum atomic E-state index is 12.8. The van der Waals surface area contributed by atoms with E-state index in [9.17, 15) is 4.79 Å². The lowest BCUT2D eigenvalue weighted by Gasteiger charge is -2.09. The quantitative estimate of drug-likeness (QED) is 0.768. The van der Waals surface area contributed by atoms with Gasteiger partial charge in [0.25, 0.3) is 0 Å². The molecule has 2 aromatic carbocycles. The molecule has 0 spiro atoms. The van der Waals surface area contributed by atoms with Crippen molar-refractivity contribution < 1.29 is 4.79 Å². The van der Waals surface area contributed by atoms with Crippen molar-refractivity contribution >= 4 is 11.4 Å². The Labute approximate surface area is 126 Å². The molecule has 0 radical (unpaired) electrons. The lowest BCUT2D eigenvalue weighted by molar-refractivity contribution is -0.116. The number of Topliss-reactive ketones (excluding diaryl/α,β-unsaturated/α-hetero) is 1. The van der Waals surface area contributed by atoms with E-state index in [1.54, 1.807) is 0 Å². The fourth-order valence-corrected chi connectivity index (χ4v) is 3.19. The van der Waals surface area contributed by atoms with Crippen molar-refractivity contribution in [1.82, 2.24) is 0 Å². The van der Waals surface area contributed by atoms with Crippen LogP contribution in [0.4, 0.5) is 0 Å². The molecule has 21 heavy (non-hydrogen) atoms. The highest BCUT2D eigenvalue weighted by Crippen LogP contribution is 2.42. The van der Waals surface area contributed by atoms with Crippen LogP contribution in [-0.2, 0) is 4.79 Å². The smallest absolute Gasteiger partial charge is 0.166 e. The normalized spacial score (nSPS) is 18.3. The molecule has 0 bridgehead atoms. The van der Waals surface area contributed by atoms with Crippen LogP contribution in [-0.4, -0.2) is 5.78 Å². The molecule has 3 rings (SSSR count). The fourth-order valence-electron chi connectivity index (χ4n) is 3.19. The highest BCUT2D eigenvalue weighted by atomic mass is 16.1. The van der Waals surface area contributed by atoms with Gasteiger partial charge < -0.3 is 0 Å².